The van der Waals surface area contributed by atoms with Gasteiger partial charge in [0.25, 0.3) is 0 Å². The zero-order valence-corrected chi connectivity index (χ0v) is 49.3. The number of carbonyl (C=O) groups is 4. The molecular weight excluding hydrogens is 889 g/mol. The third-order valence-corrected chi connectivity index (χ3v) is 16.3. The zero-order valence-electron chi connectivity index (χ0n) is 49.3. The van der Waals surface area contributed by atoms with Gasteiger partial charge in [-0.1, -0.05) is 287 Å². The van der Waals surface area contributed by atoms with E-state index in [0.29, 0.717) is 49.0 Å². The van der Waals surface area contributed by atoms with E-state index in [9.17, 15) is 19.2 Å². The largest absolute Gasteiger partial charge is 0.466 e. The Hall–Kier alpha value is -2.24. The SMILES string of the molecule is CCCCCCCCCCCCCCCCCCCC(=O)OCCC(C)CCCC(C)(C)C1=CC(=O)C(C(C)(C)CCCC(C)CCOC(=O)CCCCCCCCCCCCCCCCCCC)=CC1=O. The molecule has 0 aromatic carbocycles. The molecule has 0 radical (unpaired) electrons. The zero-order chi connectivity index (χ0) is 53.0. The lowest BCUT2D eigenvalue weighted by Gasteiger charge is -2.33. The van der Waals surface area contributed by atoms with Crippen LogP contribution < -0.4 is 0 Å². The Labute approximate surface area is 447 Å². The summed E-state index contributed by atoms with van der Waals surface area (Å²) in [5.41, 5.74) is 0.432. The first-order chi connectivity index (χ1) is 34.7. The highest BCUT2D eigenvalue weighted by molar-refractivity contribution is 6.20. The smallest absolute Gasteiger partial charge is 0.305 e. The van der Waals surface area contributed by atoms with E-state index in [1.54, 1.807) is 12.2 Å². The molecule has 6 heteroatoms. The normalized spacial score (nSPS) is 14.1. The van der Waals surface area contributed by atoms with Gasteiger partial charge >= 0.3 is 11.9 Å². The van der Waals surface area contributed by atoms with Crippen LogP contribution in [0.4, 0.5) is 0 Å². The second-order valence-electron chi connectivity index (χ2n) is 24.4. The van der Waals surface area contributed by atoms with Crippen LogP contribution in [0.1, 0.15) is 338 Å². The van der Waals surface area contributed by atoms with Crippen LogP contribution in [0, 0.1) is 22.7 Å². The molecule has 2 unspecified atom stereocenters. The van der Waals surface area contributed by atoms with Gasteiger partial charge in [0.15, 0.2) is 11.6 Å². The Balaban J connectivity index is 2.13. The Morgan fingerprint density at radius 2 is 0.611 bits per heavy atom. The minimum Gasteiger partial charge on any atom is -0.466 e. The molecule has 0 aliphatic heterocycles. The topological polar surface area (TPSA) is 86.7 Å². The Morgan fingerprint density at radius 3 is 0.861 bits per heavy atom. The van der Waals surface area contributed by atoms with Gasteiger partial charge in [-0.3, -0.25) is 19.2 Å². The fraction of sp³-hybridized carbons (Fsp3) is 0.879. The Bertz CT molecular complexity index is 1310. The first kappa shape index (κ1) is 67.8. The molecule has 1 rings (SSSR count). The minimum absolute atomic E-state index is 0.0350. The molecule has 2 atom stereocenters. The van der Waals surface area contributed by atoms with Gasteiger partial charge in [0.2, 0.25) is 0 Å². The Morgan fingerprint density at radius 1 is 0.375 bits per heavy atom. The standard InChI is InChI=1S/C66H120O6/c1-9-11-13-15-17-19-21-23-25-27-29-31-33-35-37-39-41-47-63(69)71-53-49-57(3)45-43-51-65(5,6)59-55-62(68)60(56-61(59)67)66(7,8)52-44-46-58(4)50-54-72-64(70)48-42-40-38-36-34-32-30-28-26-24-22-20-18-16-14-12-10-2/h55-58H,9-54H2,1-8H3. The van der Waals surface area contributed by atoms with E-state index in [4.69, 9.17) is 9.47 Å². The highest BCUT2D eigenvalue weighted by Gasteiger charge is 2.36. The van der Waals surface area contributed by atoms with Crippen LogP contribution in [-0.2, 0) is 28.7 Å². The van der Waals surface area contributed by atoms with E-state index in [1.165, 1.54) is 193 Å². The summed E-state index contributed by atoms with van der Waals surface area (Å²) in [7, 11) is 0. The molecule has 420 valence electrons. The number of hydrogen-bond donors (Lipinski definition) is 0. The van der Waals surface area contributed by atoms with Gasteiger partial charge in [0.05, 0.1) is 13.2 Å². The van der Waals surface area contributed by atoms with Crippen LogP contribution in [0.15, 0.2) is 23.3 Å². The molecule has 0 heterocycles. The lowest BCUT2D eigenvalue weighted by molar-refractivity contribution is -0.145. The number of rotatable bonds is 52. The van der Waals surface area contributed by atoms with Crippen molar-refractivity contribution in [2.75, 3.05) is 13.2 Å². The summed E-state index contributed by atoms with van der Waals surface area (Å²) in [5, 5.41) is 0. The number of ether oxygens (including phenoxy) is 2. The van der Waals surface area contributed by atoms with Crippen molar-refractivity contribution < 1.29 is 28.7 Å². The van der Waals surface area contributed by atoms with Crippen molar-refractivity contribution in [1.82, 2.24) is 0 Å². The second kappa shape index (κ2) is 45.0. The summed E-state index contributed by atoms with van der Waals surface area (Å²) in [6.45, 7) is 18.3. The monoisotopic (exact) mass is 1010 g/mol. The maximum atomic E-state index is 13.6. The van der Waals surface area contributed by atoms with E-state index in [-0.39, 0.29) is 23.5 Å². The number of unbranched alkanes of at least 4 members (excludes halogenated alkanes) is 32. The molecule has 0 saturated carbocycles. The lowest BCUT2D eigenvalue weighted by atomic mass is 9.70. The molecule has 6 nitrogen and oxygen atoms in total. The van der Waals surface area contributed by atoms with Crippen LogP contribution in [0.25, 0.3) is 0 Å². The summed E-state index contributed by atoms with van der Waals surface area (Å²) in [6.07, 6.45) is 56.8. The highest BCUT2D eigenvalue weighted by Crippen LogP contribution is 2.41. The predicted octanol–water partition coefficient (Wildman–Crippen LogP) is 20.6. The first-order valence-electron chi connectivity index (χ1n) is 31.6. The van der Waals surface area contributed by atoms with E-state index in [2.05, 4.69) is 55.4 Å². The maximum Gasteiger partial charge on any atom is 0.305 e. The van der Waals surface area contributed by atoms with E-state index >= 15 is 0 Å². The van der Waals surface area contributed by atoms with Crippen molar-refractivity contribution in [3.8, 4) is 0 Å². The van der Waals surface area contributed by atoms with Crippen LogP contribution in [0.5, 0.6) is 0 Å². The molecule has 1 aliphatic carbocycles. The maximum absolute atomic E-state index is 13.6. The van der Waals surface area contributed by atoms with Crippen molar-refractivity contribution in [1.29, 1.82) is 0 Å². The van der Waals surface area contributed by atoms with Gasteiger partial charge in [-0.25, -0.2) is 0 Å². The third-order valence-electron chi connectivity index (χ3n) is 16.3. The molecule has 0 aromatic heterocycles. The summed E-state index contributed by atoms with van der Waals surface area (Å²) in [4.78, 5) is 51.9. The first-order valence-corrected chi connectivity index (χ1v) is 31.6. The number of hydrogen-bond acceptors (Lipinski definition) is 6. The van der Waals surface area contributed by atoms with Crippen LogP contribution in [0.2, 0.25) is 0 Å². The minimum atomic E-state index is -0.401. The van der Waals surface area contributed by atoms with Gasteiger partial charge in [0, 0.05) is 24.0 Å². The number of carbonyl (C=O) groups excluding carboxylic acids is 4. The molecule has 72 heavy (non-hydrogen) atoms. The van der Waals surface area contributed by atoms with Crippen molar-refractivity contribution in [3.05, 3.63) is 23.3 Å². The molecule has 0 bridgehead atoms. The third kappa shape index (κ3) is 37.5. The van der Waals surface area contributed by atoms with Crippen LogP contribution in [-0.4, -0.2) is 36.7 Å². The fourth-order valence-corrected chi connectivity index (χ4v) is 10.8. The summed E-state index contributed by atoms with van der Waals surface area (Å²) < 4.78 is 11.2. The molecule has 0 spiro atoms. The summed E-state index contributed by atoms with van der Waals surface area (Å²) in [5.74, 6) is 0.628. The van der Waals surface area contributed by atoms with Gasteiger partial charge in [-0.2, -0.15) is 0 Å². The quantitative estimate of drug-likeness (QED) is 0.0343. The van der Waals surface area contributed by atoms with E-state index < -0.39 is 10.8 Å². The molecular formula is C66H120O6. The summed E-state index contributed by atoms with van der Waals surface area (Å²) in [6, 6.07) is 0. The number of allylic oxidation sites excluding steroid dienone is 4. The molecule has 0 aromatic rings. The van der Waals surface area contributed by atoms with Crippen molar-refractivity contribution in [2.24, 2.45) is 22.7 Å². The summed E-state index contributed by atoms with van der Waals surface area (Å²) >= 11 is 0. The number of esters is 2. The van der Waals surface area contributed by atoms with Gasteiger partial charge in [0.1, 0.15) is 0 Å². The molecule has 0 N–H and O–H groups in total. The molecule has 1 aliphatic rings. The van der Waals surface area contributed by atoms with E-state index in [0.717, 1.165) is 77.0 Å². The van der Waals surface area contributed by atoms with E-state index in [1.807, 2.05) is 0 Å². The number of ketones is 2. The van der Waals surface area contributed by atoms with Gasteiger partial charge in [-0.15, -0.1) is 0 Å². The van der Waals surface area contributed by atoms with Crippen LogP contribution in [0.3, 0.4) is 0 Å². The average Bonchev–Trinajstić information content (AvgIpc) is 3.33. The Kier molecular flexibility index (Phi) is 42.4. The molecule has 0 amide bonds. The van der Waals surface area contributed by atoms with Crippen molar-refractivity contribution >= 4 is 23.5 Å². The fourth-order valence-electron chi connectivity index (χ4n) is 10.8. The highest BCUT2D eigenvalue weighted by atomic mass is 16.5. The molecule has 0 fully saturated rings. The predicted molar refractivity (Wildman–Crippen MR) is 308 cm³/mol. The van der Waals surface area contributed by atoms with Gasteiger partial charge < -0.3 is 9.47 Å². The lowest BCUT2D eigenvalue weighted by Crippen LogP contribution is -2.30. The average molecular weight is 1010 g/mol. The van der Waals surface area contributed by atoms with Crippen molar-refractivity contribution in [3.63, 3.8) is 0 Å². The molecule has 0 saturated heterocycles. The van der Waals surface area contributed by atoms with Crippen molar-refractivity contribution in [2.45, 2.75) is 338 Å². The van der Waals surface area contributed by atoms with Gasteiger partial charge in [-0.05, 0) is 73.3 Å². The van der Waals surface area contributed by atoms with Crippen LogP contribution >= 0.6 is 0 Å². The second-order valence-corrected chi connectivity index (χ2v) is 24.4.